The molecule has 0 aliphatic heterocycles. The molecule has 0 radical (unpaired) electrons. The molecule has 5 aromatic rings. The minimum absolute atomic E-state index is 0.0148. The molecule has 7 heteroatoms. The Bertz CT molecular complexity index is 1510. The first-order chi connectivity index (χ1) is 16.1. The standard InChI is InChI=1S/C26H18BrN3O3/c27-18-11-9-17(10-12-18)24-14-13-19(33-24)15-28-29-25(31)16-30-22-7-3-1-5-20(22)26(32)21-6-2-4-8-23(21)30/h1-15H,16H2,(H,29,31)/b28-15+. The minimum Gasteiger partial charge on any atom is -0.455 e. The van der Waals surface area contributed by atoms with Crippen molar-refractivity contribution in [3.63, 3.8) is 0 Å². The van der Waals surface area contributed by atoms with Gasteiger partial charge < -0.3 is 8.98 Å². The summed E-state index contributed by atoms with van der Waals surface area (Å²) < 4.78 is 8.60. The molecule has 1 N–H and O–H groups in total. The molecule has 0 bridgehead atoms. The van der Waals surface area contributed by atoms with Gasteiger partial charge in [0, 0.05) is 20.8 Å². The van der Waals surface area contributed by atoms with E-state index in [0.29, 0.717) is 33.3 Å². The number of hydrogen-bond acceptors (Lipinski definition) is 4. The van der Waals surface area contributed by atoms with Crippen LogP contribution < -0.4 is 10.9 Å². The van der Waals surface area contributed by atoms with Crippen molar-refractivity contribution in [1.29, 1.82) is 0 Å². The maximum atomic E-state index is 12.8. The molecular formula is C26H18BrN3O3. The summed E-state index contributed by atoms with van der Waals surface area (Å²) in [7, 11) is 0. The number of carbonyl (C=O) groups is 1. The van der Waals surface area contributed by atoms with Crippen molar-refractivity contribution in [2.45, 2.75) is 6.54 Å². The normalized spacial score (nSPS) is 11.4. The maximum absolute atomic E-state index is 12.8. The van der Waals surface area contributed by atoms with Gasteiger partial charge in [0.15, 0.2) is 5.43 Å². The average molecular weight is 500 g/mol. The average Bonchev–Trinajstić information content (AvgIpc) is 3.31. The second-order valence-corrected chi connectivity index (χ2v) is 8.37. The van der Waals surface area contributed by atoms with Crippen LogP contribution in [-0.2, 0) is 11.3 Å². The molecule has 0 aliphatic carbocycles. The fourth-order valence-corrected chi connectivity index (χ4v) is 4.05. The number of nitrogens with one attached hydrogen (secondary N) is 1. The van der Waals surface area contributed by atoms with Crippen molar-refractivity contribution in [3.05, 3.63) is 105 Å². The van der Waals surface area contributed by atoms with Crippen LogP contribution >= 0.6 is 15.9 Å². The summed E-state index contributed by atoms with van der Waals surface area (Å²) in [4.78, 5) is 25.5. The van der Waals surface area contributed by atoms with E-state index < -0.39 is 0 Å². The summed E-state index contributed by atoms with van der Waals surface area (Å²) in [6.45, 7) is 0.0148. The highest BCUT2D eigenvalue weighted by Crippen LogP contribution is 2.23. The second kappa shape index (κ2) is 8.88. The van der Waals surface area contributed by atoms with Crippen LogP contribution in [0.2, 0.25) is 0 Å². The van der Waals surface area contributed by atoms with E-state index in [2.05, 4.69) is 26.5 Å². The van der Waals surface area contributed by atoms with Gasteiger partial charge in [-0.25, -0.2) is 5.43 Å². The number of aromatic nitrogens is 1. The number of pyridine rings is 1. The monoisotopic (exact) mass is 499 g/mol. The number of hydrazone groups is 1. The van der Waals surface area contributed by atoms with E-state index in [0.717, 1.165) is 10.0 Å². The SMILES string of the molecule is O=C(Cn1c2ccccc2c(=O)c2ccccc21)N/N=C/c1ccc(-c2ccc(Br)cc2)o1. The van der Waals surface area contributed by atoms with Crippen LogP contribution in [0.5, 0.6) is 0 Å². The first kappa shape index (κ1) is 20.9. The van der Waals surface area contributed by atoms with Crippen LogP contribution in [-0.4, -0.2) is 16.7 Å². The van der Waals surface area contributed by atoms with Crippen LogP contribution in [0.3, 0.4) is 0 Å². The number of halogens is 1. The number of benzene rings is 3. The van der Waals surface area contributed by atoms with Gasteiger partial charge in [-0.3, -0.25) is 9.59 Å². The summed E-state index contributed by atoms with van der Waals surface area (Å²) in [5.41, 5.74) is 4.84. The minimum atomic E-state index is -0.315. The number of furan rings is 1. The second-order valence-electron chi connectivity index (χ2n) is 7.45. The Morgan fingerprint density at radius 3 is 2.21 bits per heavy atom. The highest BCUT2D eigenvalue weighted by atomic mass is 79.9. The Hall–Kier alpha value is -3.97. The van der Waals surface area contributed by atoms with Crippen molar-refractivity contribution in [2.24, 2.45) is 5.10 Å². The zero-order chi connectivity index (χ0) is 22.8. The van der Waals surface area contributed by atoms with Gasteiger partial charge in [0.05, 0.1) is 17.2 Å². The third-order valence-corrected chi connectivity index (χ3v) is 5.85. The predicted molar refractivity (Wildman–Crippen MR) is 133 cm³/mol. The van der Waals surface area contributed by atoms with Crippen molar-refractivity contribution >= 4 is 49.9 Å². The van der Waals surface area contributed by atoms with Gasteiger partial charge in [0.2, 0.25) is 0 Å². The Labute approximate surface area is 197 Å². The highest BCUT2D eigenvalue weighted by molar-refractivity contribution is 9.10. The Kier molecular flexibility index (Phi) is 5.62. The largest absolute Gasteiger partial charge is 0.455 e. The number of hydrogen-bond donors (Lipinski definition) is 1. The molecule has 2 aromatic heterocycles. The molecule has 0 aliphatic rings. The van der Waals surface area contributed by atoms with Crippen molar-refractivity contribution in [2.75, 3.05) is 0 Å². The number of carbonyl (C=O) groups excluding carboxylic acids is 1. The van der Waals surface area contributed by atoms with Crippen LogP contribution in [0.1, 0.15) is 5.76 Å². The number of para-hydroxylation sites is 2. The van der Waals surface area contributed by atoms with Gasteiger partial charge in [-0.2, -0.15) is 5.10 Å². The van der Waals surface area contributed by atoms with Crippen molar-refractivity contribution in [3.8, 4) is 11.3 Å². The number of nitrogens with zero attached hydrogens (tertiary/aromatic N) is 2. The molecule has 162 valence electrons. The quantitative estimate of drug-likeness (QED) is 0.202. The third kappa shape index (κ3) is 4.23. The van der Waals surface area contributed by atoms with E-state index >= 15 is 0 Å². The van der Waals surface area contributed by atoms with Crippen LogP contribution in [0.25, 0.3) is 33.1 Å². The lowest BCUT2D eigenvalue weighted by molar-refractivity contribution is -0.121. The lowest BCUT2D eigenvalue weighted by Crippen LogP contribution is -2.25. The molecule has 0 saturated carbocycles. The zero-order valence-corrected chi connectivity index (χ0v) is 19.0. The van der Waals surface area contributed by atoms with Crippen LogP contribution in [0.4, 0.5) is 0 Å². The lowest BCUT2D eigenvalue weighted by Gasteiger charge is -2.14. The molecule has 1 amide bonds. The smallest absolute Gasteiger partial charge is 0.260 e. The third-order valence-electron chi connectivity index (χ3n) is 5.32. The van der Waals surface area contributed by atoms with Gasteiger partial charge in [-0.15, -0.1) is 0 Å². The van der Waals surface area contributed by atoms with Gasteiger partial charge in [-0.1, -0.05) is 52.3 Å². The molecular weight excluding hydrogens is 482 g/mol. The number of fused-ring (bicyclic) bond motifs is 2. The Balaban J connectivity index is 1.36. The van der Waals surface area contributed by atoms with Crippen LogP contribution in [0.15, 0.2) is 104 Å². The van der Waals surface area contributed by atoms with Crippen LogP contribution in [0, 0.1) is 0 Å². The molecule has 0 unspecified atom stereocenters. The topological polar surface area (TPSA) is 76.6 Å². The van der Waals surface area contributed by atoms with E-state index in [-0.39, 0.29) is 17.9 Å². The fraction of sp³-hybridized carbons (Fsp3) is 0.0385. The van der Waals surface area contributed by atoms with Gasteiger partial charge >= 0.3 is 0 Å². The van der Waals surface area contributed by atoms with E-state index in [1.807, 2.05) is 71.3 Å². The summed E-state index contributed by atoms with van der Waals surface area (Å²) >= 11 is 3.42. The Morgan fingerprint density at radius 2 is 1.55 bits per heavy atom. The molecule has 0 atom stereocenters. The molecule has 33 heavy (non-hydrogen) atoms. The van der Waals surface area contributed by atoms with E-state index in [4.69, 9.17) is 4.42 Å². The molecule has 0 saturated heterocycles. The zero-order valence-electron chi connectivity index (χ0n) is 17.4. The first-order valence-electron chi connectivity index (χ1n) is 10.3. The lowest BCUT2D eigenvalue weighted by atomic mass is 10.1. The summed E-state index contributed by atoms with van der Waals surface area (Å²) in [6, 6.07) is 26.0. The van der Waals surface area contributed by atoms with Gasteiger partial charge in [0.1, 0.15) is 18.1 Å². The van der Waals surface area contributed by atoms with E-state index in [1.54, 1.807) is 18.2 Å². The fourth-order valence-electron chi connectivity index (χ4n) is 3.79. The number of amides is 1. The van der Waals surface area contributed by atoms with E-state index in [1.165, 1.54) is 6.21 Å². The molecule has 6 nitrogen and oxygen atoms in total. The molecule has 0 fully saturated rings. The number of rotatable bonds is 5. The van der Waals surface area contributed by atoms with Gasteiger partial charge in [0.25, 0.3) is 5.91 Å². The molecule has 3 aromatic carbocycles. The molecule has 0 spiro atoms. The maximum Gasteiger partial charge on any atom is 0.260 e. The van der Waals surface area contributed by atoms with Gasteiger partial charge in [-0.05, 0) is 48.5 Å². The summed E-state index contributed by atoms with van der Waals surface area (Å²) in [6.07, 6.45) is 1.46. The first-order valence-corrected chi connectivity index (χ1v) is 11.1. The highest BCUT2D eigenvalue weighted by Gasteiger charge is 2.12. The van der Waals surface area contributed by atoms with Crippen molar-refractivity contribution in [1.82, 2.24) is 9.99 Å². The Morgan fingerprint density at radius 1 is 0.909 bits per heavy atom. The molecule has 5 rings (SSSR count). The summed E-state index contributed by atoms with van der Waals surface area (Å²) in [5, 5.41) is 5.18. The predicted octanol–water partition coefficient (Wildman–Crippen LogP) is 5.33. The van der Waals surface area contributed by atoms with E-state index in [9.17, 15) is 9.59 Å². The van der Waals surface area contributed by atoms with Crippen molar-refractivity contribution < 1.29 is 9.21 Å². The molecule has 2 heterocycles. The summed E-state index contributed by atoms with van der Waals surface area (Å²) in [5.74, 6) is 0.916.